The SMILES string of the molecule is Cc1ccc(-c2ocnc2C(=O)N2CCC(CN)C2)cc1. The van der Waals surface area contributed by atoms with Crippen LogP contribution in [0.5, 0.6) is 0 Å². The molecule has 2 heterocycles. The van der Waals surface area contributed by atoms with E-state index in [0.717, 1.165) is 24.1 Å². The van der Waals surface area contributed by atoms with Gasteiger partial charge in [-0.1, -0.05) is 29.8 Å². The second kappa shape index (κ2) is 5.69. The van der Waals surface area contributed by atoms with E-state index in [-0.39, 0.29) is 5.91 Å². The van der Waals surface area contributed by atoms with Crippen LogP contribution in [-0.2, 0) is 0 Å². The largest absolute Gasteiger partial charge is 0.443 e. The Morgan fingerprint density at radius 1 is 1.43 bits per heavy atom. The van der Waals surface area contributed by atoms with Crippen molar-refractivity contribution in [2.45, 2.75) is 13.3 Å². The lowest BCUT2D eigenvalue weighted by Gasteiger charge is -2.15. The van der Waals surface area contributed by atoms with Crippen LogP contribution in [0.15, 0.2) is 35.1 Å². The van der Waals surface area contributed by atoms with Gasteiger partial charge < -0.3 is 15.1 Å². The molecule has 5 heteroatoms. The molecule has 0 bridgehead atoms. The van der Waals surface area contributed by atoms with Gasteiger partial charge in [-0.25, -0.2) is 4.98 Å². The van der Waals surface area contributed by atoms with Crippen LogP contribution in [0.4, 0.5) is 0 Å². The Kier molecular flexibility index (Phi) is 3.75. The fourth-order valence-electron chi connectivity index (χ4n) is 2.67. The van der Waals surface area contributed by atoms with E-state index in [2.05, 4.69) is 4.98 Å². The van der Waals surface area contributed by atoms with Gasteiger partial charge in [0.2, 0.25) is 0 Å². The van der Waals surface area contributed by atoms with E-state index in [4.69, 9.17) is 10.2 Å². The number of oxazole rings is 1. The summed E-state index contributed by atoms with van der Waals surface area (Å²) in [5.74, 6) is 0.857. The highest BCUT2D eigenvalue weighted by Crippen LogP contribution is 2.26. The normalized spacial score (nSPS) is 18.2. The van der Waals surface area contributed by atoms with Gasteiger partial charge in [0.05, 0.1) is 0 Å². The molecule has 0 radical (unpaired) electrons. The van der Waals surface area contributed by atoms with Gasteiger partial charge in [-0.3, -0.25) is 4.79 Å². The van der Waals surface area contributed by atoms with Crippen molar-refractivity contribution in [2.75, 3.05) is 19.6 Å². The number of hydrogen-bond donors (Lipinski definition) is 1. The maximum atomic E-state index is 12.6. The summed E-state index contributed by atoms with van der Waals surface area (Å²) in [6.07, 6.45) is 2.29. The van der Waals surface area contributed by atoms with Crippen molar-refractivity contribution in [3.63, 3.8) is 0 Å². The van der Waals surface area contributed by atoms with Crippen LogP contribution in [-0.4, -0.2) is 35.4 Å². The van der Waals surface area contributed by atoms with Crippen molar-refractivity contribution < 1.29 is 9.21 Å². The second-order valence-electron chi connectivity index (χ2n) is 5.54. The van der Waals surface area contributed by atoms with Crippen molar-refractivity contribution in [3.8, 4) is 11.3 Å². The molecule has 1 fully saturated rings. The highest BCUT2D eigenvalue weighted by Gasteiger charge is 2.29. The Labute approximate surface area is 123 Å². The molecule has 5 nitrogen and oxygen atoms in total. The van der Waals surface area contributed by atoms with Crippen LogP contribution in [0.25, 0.3) is 11.3 Å². The molecule has 1 amide bonds. The molecular weight excluding hydrogens is 266 g/mol. The number of likely N-dealkylation sites (tertiary alicyclic amines) is 1. The number of aromatic nitrogens is 1. The third-order valence-corrected chi connectivity index (χ3v) is 3.99. The standard InChI is InChI=1S/C16H19N3O2/c1-11-2-4-13(5-3-11)15-14(18-10-21-15)16(20)19-7-6-12(8-17)9-19/h2-5,10,12H,6-9,17H2,1H3. The Bertz CT molecular complexity index is 633. The maximum absolute atomic E-state index is 12.6. The number of carbonyl (C=O) groups is 1. The summed E-state index contributed by atoms with van der Waals surface area (Å²) in [6.45, 7) is 4.08. The molecule has 1 saturated heterocycles. The minimum Gasteiger partial charge on any atom is -0.443 e. The number of carbonyl (C=O) groups excluding carboxylic acids is 1. The first-order valence-electron chi connectivity index (χ1n) is 7.19. The lowest BCUT2D eigenvalue weighted by Crippen LogP contribution is -2.30. The number of rotatable bonds is 3. The van der Waals surface area contributed by atoms with Crippen LogP contribution >= 0.6 is 0 Å². The minimum absolute atomic E-state index is 0.0738. The van der Waals surface area contributed by atoms with Gasteiger partial charge in [-0.15, -0.1) is 0 Å². The first-order chi connectivity index (χ1) is 10.2. The van der Waals surface area contributed by atoms with Crippen LogP contribution in [0.2, 0.25) is 0 Å². The van der Waals surface area contributed by atoms with E-state index in [1.165, 1.54) is 6.39 Å². The minimum atomic E-state index is -0.0738. The van der Waals surface area contributed by atoms with Crippen LogP contribution in [0, 0.1) is 12.8 Å². The average Bonchev–Trinajstić information content (AvgIpc) is 3.16. The van der Waals surface area contributed by atoms with E-state index in [9.17, 15) is 4.79 Å². The third kappa shape index (κ3) is 2.69. The number of amides is 1. The predicted octanol–water partition coefficient (Wildman–Crippen LogP) is 2.07. The van der Waals surface area contributed by atoms with E-state index in [1.807, 2.05) is 36.1 Å². The second-order valence-corrected chi connectivity index (χ2v) is 5.54. The molecule has 1 aliphatic rings. The highest BCUT2D eigenvalue weighted by atomic mass is 16.3. The highest BCUT2D eigenvalue weighted by molar-refractivity contribution is 5.97. The number of nitrogens with zero attached hydrogens (tertiary/aromatic N) is 2. The van der Waals surface area contributed by atoms with E-state index >= 15 is 0 Å². The molecule has 1 aliphatic heterocycles. The number of nitrogens with two attached hydrogens (primary N) is 1. The summed E-state index contributed by atoms with van der Waals surface area (Å²) in [5.41, 5.74) is 8.10. The predicted molar refractivity (Wildman–Crippen MR) is 79.7 cm³/mol. The Morgan fingerprint density at radius 3 is 2.86 bits per heavy atom. The summed E-state index contributed by atoms with van der Waals surface area (Å²) >= 11 is 0. The summed E-state index contributed by atoms with van der Waals surface area (Å²) < 4.78 is 5.44. The molecular formula is C16H19N3O2. The summed E-state index contributed by atoms with van der Waals surface area (Å²) in [6, 6.07) is 7.87. The van der Waals surface area contributed by atoms with Crippen LogP contribution in [0.3, 0.4) is 0 Å². The fraction of sp³-hybridized carbons (Fsp3) is 0.375. The third-order valence-electron chi connectivity index (χ3n) is 3.99. The summed E-state index contributed by atoms with van der Waals surface area (Å²) in [4.78, 5) is 18.5. The van der Waals surface area contributed by atoms with Gasteiger partial charge in [0.25, 0.3) is 5.91 Å². The van der Waals surface area contributed by atoms with E-state index in [0.29, 0.717) is 30.5 Å². The van der Waals surface area contributed by atoms with Gasteiger partial charge >= 0.3 is 0 Å². The Morgan fingerprint density at radius 2 is 2.19 bits per heavy atom. The molecule has 0 spiro atoms. The molecule has 2 aromatic rings. The van der Waals surface area contributed by atoms with Gasteiger partial charge in [-0.2, -0.15) is 0 Å². The molecule has 1 unspecified atom stereocenters. The molecule has 21 heavy (non-hydrogen) atoms. The van der Waals surface area contributed by atoms with Crippen molar-refractivity contribution in [2.24, 2.45) is 11.7 Å². The summed E-state index contributed by atoms with van der Waals surface area (Å²) in [5, 5.41) is 0. The van der Waals surface area contributed by atoms with Crippen molar-refractivity contribution in [1.82, 2.24) is 9.88 Å². The van der Waals surface area contributed by atoms with Gasteiger partial charge in [0.1, 0.15) is 0 Å². The first kappa shape index (κ1) is 13.8. The number of hydrogen-bond acceptors (Lipinski definition) is 4. The van der Waals surface area contributed by atoms with Gasteiger partial charge in [-0.05, 0) is 25.8 Å². The van der Waals surface area contributed by atoms with Crippen molar-refractivity contribution >= 4 is 5.91 Å². The maximum Gasteiger partial charge on any atom is 0.276 e. The quantitative estimate of drug-likeness (QED) is 0.937. The molecule has 1 aromatic carbocycles. The zero-order valence-corrected chi connectivity index (χ0v) is 12.1. The van der Waals surface area contributed by atoms with Crippen molar-refractivity contribution in [1.29, 1.82) is 0 Å². The monoisotopic (exact) mass is 285 g/mol. The lowest BCUT2D eigenvalue weighted by molar-refractivity contribution is 0.0783. The van der Waals surface area contributed by atoms with Crippen molar-refractivity contribution in [3.05, 3.63) is 41.9 Å². The van der Waals surface area contributed by atoms with Gasteiger partial charge in [0.15, 0.2) is 17.8 Å². The average molecular weight is 285 g/mol. The molecule has 1 aromatic heterocycles. The zero-order chi connectivity index (χ0) is 14.8. The molecule has 1 atom stereocenters. The Hall–Kier alpha value is -2.14. The number of benzene rings is 1. The number of aryl methyl sites for hydroxylation is 1. The lowest BCUT2D eigenvalue weighted by atomic mass is 10.1. The smallest absolute Gasteiger partial charge is 0.276 e. The zero-order valence-electron chi connectivity index (χ0n) is 12.1. The molecule has 110 valence electrons. The molecule has 0 saturated carbocycles. The first-order valence-corrected chi connectivity index (χ1v) is 7.19. The Balaban J connectivity index is 1.85. The van der Waals surface area contributed by atoms with Gasteiger partial charge in [0, 0.05) is 18.7 Å². The van der Waals surface area contributed by atoms with E-state index < -0.39 is 0 Å². The van der Waals surface area contributed by atoms with E-state index in [1.54, 1.807) is 0 Å². The van der Waals surface area contributed by atoms with Crippen LogP contribution < -0.4 is 5.73 Å². The molecule has 0 aliphatic carbocycles. The summed E-state index contributed by atoms with van der Waals surface area (Å²) in [7, 11) is 0. The topological polar surface area (TPSA) is 72.4 Å². The fourth-order valence-corrected chi connectivity index (χ4v) is 2.67. The molecule has 3 rings (SSSR count). The van der Waals surface area contributed by atoms with Crippen LogP contribution in [0.1, 0.15) is 22.5 Å². The molecule has 2 N–H and O–H groups in total.